The van der Waals surface area contributed by atoms with Crippen LogP contribution in [0.1, 0.15) is 52.4 Å². The van der Waals surface area contributed by atoms with Gasteiger partial charge in [-0.15, -0.1) is 5.06 Å². The lowest BCUT2D eigenvalue weighted by Crippen LogP contribution is -2.31. The van der Waals surface area contributed by atoms with Gasteiger partial charge < -0.3 is 34.8 Å². The molecule has 0 aromatic carbocycles. The topological polar surface area (TPSA) is 228 Å². The molecule has 14 nitrogen and oxygen atoms in total. The predicted octanol–water partition coefficient (Wildman–Crippen LogP) is -0.702. The van der Waals surface area contributed by atoms with Crippen LogP contribution in [-0.2, 0) is 33.1 Å². The molecule has 1 aliphatic heterocycles. The lowest BCUT2D eigenvalue weighted by molar-refractivity contribution is -0.197. The van der Waals surface area contributed by atoms with Gasteiger partial charge in [0.2, 0.25) is 5.91 Å². The van der Waals surface area contributed by atoms with Crippen LogP contribution in [0.15, 0.2) is 0 Å². The Kier molecular flexibility index (Phi) is 11.0. The van der Waals surface area contributed by atoms with E-state index in [0.717, 1.165) is 0 Å². The third kappa shape index (κ3) is 8.23. The van der Waals surface area contributed by atoms with Crippen molar-refractivity contribution in [3.05, 3.63) is 0 Å². The summed E-state index contributed by atoms with van der Waals surface area (Å²) < 4.78 is 21.9. The van der Waals surface area contributed by atoms with Crippen LogP contribution in [0.2, 0.25) is 0 Å². The van der Waals surface area contributed by atoms with E-state index in [0.29, 0.717) is 5.06 Å². The van der Waals surface area contributed by atoms with E-state index in [4.69, 9.17) is 19.6 Å². The summed E-state index contributed by atoms with van der Waals surface area (Å²) in [7, 11) is -10.8. The van der Waals surface area contributed by atoms with Crippen LogP contribution in [0.4, 0.5) is 0 Å². The van der Waals surface area contributed by atoms with Crippen LogP contribution in [0.5, 0.6) is 0 Å². The maximum absolute atomic E-state index is 10.9. The van der Waals surface area contributed by atoms with Crippen molar-refractivity contribution in [1.29, 1.82) is 0 Å². The van der Waals surface area contributed by atoms with Gasteiger partial charge >= 0.3 is 21.2 Å². The minimum atomic E-state index is -5.40. The second-order valence-electron chi connectivity index (χ2n) is 6.07. The summed E-state index contributed by atoms with van der Waals surface area (Å²) in [5.41, 5.74) is 0. The second-order valence-corrected chi connectivity index (χ2v) is 10.1. The van der Waals surface area contributed by atoms with Gasteiger partial charge in [-0.1, -0.05) is 13.8 Å². The Morgan fingerprint density at radius 1 is 1.03 bits per heavy atom. The molecule has 0 bridgehead atoms. The Balaban J connectivity index is 0.000000604. The van der Waals surface area contributed by atoms with Crippen molar-refractivity contribution in [2.75, 3.05) is 6.54 Å². The highest BCUT2D eigenvalue weighted by atomic mass is 31.2. The van der Waals surface area contributed by atoms with Gasteiger partial charge in [-0.25, -0.2) is 4.79 Å². The first kappa shape index (κ1) is 28.3. The Morgan fingerprint density at radius 3 is 1.87 bits per heavy atom. The molecule has 16 heteroatoms. The number of imide groups is 1. The number of aliphatic hydroxyl groups is 1. The molecule has 0 aromatic rings. The molecule has 3 amide bonds. The van der Waals surface area contributed by atoms with Gasteiger partial charge in [-0.05, 0) is 6.42 Å². The second kappa shape index (κ2) is 11.7. The number of hydrogen-bond donors (Lipinski definition) is 6. The fourth-order valence-corrected chi connectivity index (χ4v) is 4.22. The number of hydroxylamine groups is 2. The molecule has 174 valence electrons. The van der Waals surface area contributed by atoms with Crippen molar-refractivity contribution in [2.24, 2.45) is 0 Å². The lowest BCUT2D eigenvalue weighted by atomic mass is 10.3. The first-order valence-electron chi connectivity index (χ1n) is 8.77. The maximum atomic E-state index is 10.9. The van der Waals surface area contributed by atoms with E-state index in [1.54, 1.807) is 13.8 Å². The summed E-state index contributed by atoms with van der Waals surface area (Å²) in [6.07, 6.45) is -0.381. The van der Waals surface area contributed by atoms with E-state index in [1.165, 1.54) is 0 Å². The molecule has 0 radical (unpaired) electrons. The van der Waals surface area contributed by atoms with E-state index >= 15 is 0 Å². The summed E-state index contributed by atoms with van der Waals surface area (Å²) in [6, 6.07) is 0. The molecule has 1 heterocycles. The Labute approximate surface area is 171 Å². The van der Waals surface area contributed by atoms with Gasteiger partial charge in [-0.3, -0.25) is 23.5 Å². The van der Waals surface area contributed by atoms with E-state index in [2.05, 4.69) is 10.2 Å². The van der Waals surface area contributed by atoms with Crippen molar-refractivity contribution in [1.82, 2.24) is 10.4 Å². The number of carbonyl (C=O) groups is 4. The summed E-state index contributed by atoms with van der Waals surface area (Å²) in [5.74, 6) is -1.77. The van der Waals surface area contributed by atoms with E-state index in [-0.39, 0.29) is 44.6 Å². The number of amides is 3. The molecular formula is C14H26N2O12P2. The SMILES string of the molecule is CCC(=O)NCCCC(O)(P(=O)(O)O)P(=O)(O)O.CCC(=O)ON1C(=O)CCC1=O. The normalized spacial score (nSPS) is 14.8. The first-order chi connectivity index (χ1) is 13.6. The summed E-state index contributed by atoms with van der Waals surface area (Å²) in [5, 5.41) is 8.96. The van der Waals surface area contributed by atoms with Gasteiger partial charge in [0, 0.05) is 38.6 Å². The molecule has 0 saturated carbocycles. The molecule has 0 spiro atoms. The highest BCUT2D eigenvalue weighted by molar-refractivity contribution is 7.72. The van der Waals surface area contributed by atoms with Gasteiger partial charge in [0.1, 0.15) is 0 Å². The maximum Gasteiger partial charge on any atom is 0.369 e. The van der Waals surface area contributed by atoms with Crippen LogP contribution >= 0.6 is 15.2 Å². The Morgan fingerprint density at radius 2 is 1.50 bits per heavy atom. The molecule has 0 aliphatic carbocycles. The Hall–Kier alpha value is -1.66. The third-order valence-corrected chi connectivity index (χ3v) is 7.63. The molecule has 1 fully saturated rings. The van der Waals surface area contributed by atoms with Gasteiger partial charge in [-0.2, -0.15) is 0 Å². The minimum Gasteiger partial charge on any atom is -0.368 e. The average molecular weight is 476 g/mol. The summed E-state index contributed by atoms with van der Waals surface area (Å²) in [4.78, 5) is 83.0. The molecule has 1 rings (SSSR count). The van der Waals surface area contributed by atoms with E-state index in [1.807, 2.05) is 0 Å². The quantitative estimate of drug-likeness (QED) is 0.138. The van der Waals surface area contributed by atoms with Crippen LogP contribution in [0.25, 0.3) is 0 Å². The van der Waals surface area contributed by atoms with Crippen LogP contribution in [-0.4, -0.2) is 65.1 Å². The van der Waals surface area contributed by atoms with Gasteiger partial charge in [0.05, 0.1) is 0 Å². The van der Waals surface area contributed by atoms with Crippen molar-refractivity contribution in [2.45, 2.75) is 57.5 Å². The number of carbonyl (C=O) groups excluding carboxylic acids is 4. The van der Waals surface area contributed by atoms with Crippen molar-refractivity contribution < 1.29 is 57.8 Å². The zero-order valence-corrected chi connectivity index (χ0v) is 18.2. The third-order valence-electron chi connectivity index (χ3n) is 3.75. The summed E-state index contributed by atoms with van der Waals surface area (Å²) >= 11 is 0. The number of nitrogens with zero attached hydrogens (tertiary/aromatic N) is 1. The fraction of sp³-hybridized carbons (Fsp3) is 0.714. The zero-order chi connectivity index (χ0) is 23.8. The number of hydrogen-bond acceptors (Lipinski definition) is 8. The largest absolute Gasteiger partial charge is 0.369 e. The molecule has 6 N–H and O–H groups in total. The minimum absolute atomic E-state index is 0.0466. The van der Waals surface area contributed by atoms with Crippen molar-refractivity contribution >= 4 is 38.9 Å². The highest BCUT2D eigenvalue weighted by Gasteiger charge is 2.58. The molecular weight excluding hydrogens is 450 g/mol. The van der Waals surface area contributed by atoms with Gasteiger partial charge in [0.15, 0.2) is 0 Å². The van der Waals surface area contributed by atoms with E-state index in [9.17, 15) is 33.4 Å². The molecule has 0 unspecified atom stereocenters. The monoisotopic (exact) mass is 476 g/mol. The zero-order valence-electron chi connectivity index (χ0n) is 16.4. The number of nitrogens with one attached hydrogen (secondary N) is 1. The fourth-order valence-electron chi connectivity index (χ4n) is 1.96. The molecule has 0 aromatic heterocycles. The molecule has 1 saturated heterocycles. The first-order valence-corrected chi connectivity index (χ1v) is 12.0. The molecule has 0 atom stereocenters. The standard InChI is InChI=1S/C7H17NO8P2.C7H9NO4/c1-2-6(9)8-5-3-4-7(10,17(11,12)13)18(14,15)16;1-2-7(11)12-8-5(9)3-4-6(8)10/h10H,2-5H2,1H3,(H,8,9)(H2,11,12,13)(H2,14,15,16);2-4H2,1H3. The average Bonchev–Trinajstić information content (AvgIpc) is 2.95. The van der Waals surface area contributed by atoms with Crippen LogP contribution in [0.3, 0.4) is 0 Å². The highest BCUT2D eigenvalue weighted by Crippen LogP contribution is 2.69. The van der Waals surface area contributed by atoms with Crippen molar-refractivity contribution in [3.8, 4) is 0 Å². The lowest BCUT2D eigenvalue weighted by Gasteiger charge is -2.29. The van der Waals surface area contributed by atoms with Crippen molar-refractivity contribution in [3.63, 3.8) is 0 Å². The molecule has 30 heavy (non-hydrogen) atoms. The van der Waals surface area contributed by atoms with E-state index < -0.39 is 44.5 Å². The smallest absolute Gasteiger partial charge is 0.368 e. The van der Waals surface area contributed by atoms with Crippen LogP contribution < -0.4 is 5.32 Å². The summed E-state index contributed by atoms with van der Waals surface area (Å²) in [6.45, 7) is 3.14. The Bertz CT molecular complexity index is 705. The predicted molar refractivity (Wildman–Crippen MR) is 99.0 cm³/mol. The van der Waals surface area contributed by atoms with Crippen LogP contribution in [0, 0.1) is 0 Å². The number of rotatable bonds is 9. The van der Waals surface area contributed by atoms with Gasteiger partial charge in [0.25, 0.3) is 16.9 Å². The molecule has 1 aliphatic rings.